The SMILES string of the molecule is CCC(C)C(N)C1=NC(C(=O)NC(CC(C)C)C(=O)NC(CCC(=O)O)C(=O)NC(C(=O)NCCCCC2NC(=O)C(CC(N)=O)NC(=O)C(CC(=O)O)NC(=O)C(Cc3cnc[nH]3)NC(=O)C(Cc3ccccc3)NC(=O)C(C(C)C)NC(=O)C(CCCN)NC2=O)C(C)CC)CS1. The van der Waals surface area contributed by atoms with Crippen LogP contribution in [0, 0.1) is 23.7 Å². The Morgan fingerprint density at radius 3 is 1.73 bits per heavy atom. The number of benzene rings is 1. The summed E-state index contributed by atoms with van der Waals surface area (Å²) < 4.78 is 0. The zero-order valence-corrected chi connectivity index (χ0v) is 58.3. The maximum absolute atomic E-state index is 14.6. The summed E-state index contributed by atoms with van der Waals surface area (Å²) in [5.41, 5.74) is 18.7. The van der Waals surface area contributed by atoms with Gasteiger partial charge in [0.1, 0.15) is 66.5 Å². The van der Waals surface area contributed by atoms with E-state index >= 15 is 0 Å². The number of aliphatic imine (C=N–C) groups is 1. The number of nitrogens with zero attached hydrogens (tertiary/aromatic N) is 2. The third-order valence-corrected chi connectivity index (χ3v) is 18.1. The minimum Gasteiger partial charge on any atom is -0.481 e. The number of nitrogens with one attached hydrogen (secondary N) is 12. The maximum atomic E-state index is 14.6. The average Bonchev–Trinajstić information content (AvgIpc) is 1.61. The van der Waals surface area contributed by atoms with E-state index in [0.29, 0.717) is 28.5 Å². The molecule has 34 heteroatoms. The number of carboxylic acid groups (broad SMARTS) is 2. The van der Waals surface area contributed by atoms with Crippen molar-refractivity contribution in [2.75, 3.05) is 18.8 Å². The minimum atomic E-state index is -2.00. The van der Waals surface area contributed by atoms with Gasteiger partial charge in [0, 0.05) is 43.5 Å². The Bertz CT molecular complexity index is 3140. The Balaban J connectivity index is 1.65. The first-order valence-electron chi connectivity index (χ1n) is 33.6. The average molecular weight is 1410 g/mol. The molecule has 2 aromatic rings. The number of primary amides is 1. The number of imidazole rings is 1. The first kappa shape index (κ1) is 82.4. The Morgan fingerprint density at radius 1 is 0.626 bits per heavy atom. The highest BCUT2D eigenvalue weighted by Gasteiger charge is 2.39. The second kappa shape index (κ2) is 41.4. The number of carbonyl (C=O) groups excluding carboxylic acids is 12. The Labute approximate surface area is 579 Å². The van der Waals surface area contributed by atoms with Crippen LogP contribution in [-0.4, -0.2) is 199 Å². The van der Waals surface area contributed by atoms with Crippen LogP contribution in [-0.2, 0) is 80.0 Å². The number of H-pyrrole nitrogens is 1. The highest BCUT2D eigenvalue weighted by atomic mass is 32.2. The molecule has 0 saturated carbocycles. The van der Waals surface area contributed by atoms with Gasteiger partial charge in [-0.15, -0.1) is 11.8 Å². The van der Waals surface area contributed by atoms with Crippen LogP contribution in [0.3, 0.4) is 0 Å². The topological polar surface area (TPSA) is 531 Å². The summed E-state index contributed by atoms with van der Waals surface area (Å²) in [6.07, 6.45) is 0.247. The van der Waals surface area contributed by atoms with Crippen molar-refractivity contribution in [1.29, 1.82) is 0 Å². The van der Waals surface area contributed by atoms with E-state index in [2.05, 4.69) is 73.4 Å². The van der Waals surface area contributed by atoms with Crippen LogP contribution in [0.15, 0.2) is 47.8 Å². The van der Waals surface area contributed by atoms with Crippen molar-refractivity contribution < 1.29 is 77.3 Å². The van der Waals surface area contributed by atoms with Crippen molar-refractivity contribution in [2.24, 2.45) is 45.9 Å². The number of hydrogen-bond acceptors (Lipinski definition) is 19. The van der Waals surface area contributed by atoms with E-state index in [0.717, 1.165) is 6.42 Å². The molecule has 3 heterocycles. The molecule has 14 atom stereocenters. The molecule has 548 valence electrons. The third-order valence-electron chi connectivity index (χ3n) is 16.9. The van der Waals surface area contributed by atoms with Gasteiger partial charge in [-0.05, 0) is 80.7 Å². The van der Waals surface area contributed by atoms with Crippen LogP contribution in [0.25, 0.3) is 0 Å². The number of amides is 12. The zero-order chi connectivity index (χ0) is 73.6. The number of thioether (sulfide) groups is 1. The Hall–Kier alpha value is -9.05. The number of aliphatic carboxylic acids is 2. The first-order chi connectivity index (χ1) is 46.8. The van der Waals surface area contributed by atoms with Crippen molar-refractivity contribution in [3.8, 4) is 0 Å². The molecular weight excluding hydrogens is 1310 g/mol. The Kier molecular flexibility index (Phi) is 34.4. The summed E-state index contributed by atoms with van der Waals surface area (Å²) in [6, 6.07) is -8.10. The van der Waals surface area contributed by atoms with E-state index in [1.807, 2.05) is 27.7 Å². The van der Waals surface area contributed by atoms with Gasteiger partial charge in [-0.1, -0.05) is 98.6 Å². The molecule has 0 spiro atoms. The fourth-order valence-corrected chi connectivity index (χ4v) is 11.9. The molecule has 14 unspecified atom stereocenters. The predicted octanol–water partition coefficient (Wildman–Crippen LogP) is -2.07. The highest BCUT2D eigenvalue weighted by molar-refractivity contribution is 8.14. The van der Waals surface area contributed by atoms with E-state index in [1.54, 1.807) is 58.0 Å². The quantitative estimate of drug-likeness (QED) is 0.0335. The smallest absolute Gasteiger partial charge is 0.305 e. The van der Waals surface area contributed by atoms with Crippen molar-refractivity contribution in [1.82, 2.24) is 68.5 Å². The number of aromatic nitrogens is 2. The summed E-state index contributed by atoms with van der Waals surface area (Å²) in [5.74, 6) is -15.2. The molecule has 0 bridgehead atoms. The van der Waals surface area contributed by atoms with Gasteiger partial charge in [-0.2, -0.15) is 0 Å². The van der Waals surface area contributed by atoms with Crippen molar-refractivity contribution in [3.63, 3.8) is 0 Å². The lowest BCUT2D eigenvalue weighted by Crippen LogP contribution is -2.61. The number of hydrogen-bond donors (Lipinski definition) is 17. The normalized spacial score (nSPS) is 22.5. The molecule has 20 N–H and O–H groups in total. The number of unbranched alkanes of at least 4 members (excludes halogenated alkanes) is 1. The van der Waals surface area contributed by atoms with Crippen LogP contribution >= 0.6 is 11.8 Å². The molecule has 1 fully saturated rings. The molecule has 4 rings (SSSR count). The molecule has 2 aliphatic heterocycles. The molecule has 1 saturated heterocycles. The van der Waals surface area contributed by atoms with Gasteiger partial charge < -0.3 is 90.9 Å². The maximum Gasteiger partial charge on any atom is 0.305 e. The summed E-state index contributed by atoms with van der Waals surface area (Å²) in [6.45, 7) is 14.2. The fraction of sp³-hybridized carbons (Fsp3) is 0.631. The summed E-state index contributed by atoms with van der Waals surface area (Å²) in [4.78, 5) is 205. The van der Waals surface area contributed by atoms with Crippen LogP contribution < -0.4 is 75.7 Å². The monoisotopic (exact) mass is 1410 g/mol. The summed E-state index contributed by atoms with van der Waals surface area (Å²) in [5, 5.41) is 48.8. The van der Waals surface area contributed by atoms with E-state index in [-0.39, 0.29) is 82.3 Å². The second-order valence-electron chi connectivity index (χ2n) is 25.8. The molecule has 0 aliphatic carbocycles. The van der Waals surface area contributed by atoms with E-state index in [1.165, 1.54) is 24.3 Å². The van der Waals surface area contributed by atoms with E-state index in [9.17, 15) is 77.3 Å². The van der Waals surface area contributed by atoms with Crippen molar-refractivity contribution in [2.45, 2.75) is 218 Å². The molecule has 1 aromatic heterocycles. The summed E-state index contributed by atoms with van der Waals surface area (Å²) >= 11 is 1.36. The van der Waals surface area contributed by atoms with Crippen molar-refractivity contribution >= 4 is 99.6 Å². The molecule has 0 radical (unpaired) electrons. The fourth-order valence-electron chi connectivity index (χ4n) is 10.7. The van der Waals surface area contributed by atoms with E-state index < -0.39 is 187 Å². The van der Waals surface area contributed by atoms with Gasteiger partial charge in [0.15, 0.2) is 0 Å². The number of nitrogens with two attached hydrogens (primary N) is 3. The first-order valence-corrected chi connectivity index (χ1v) is 34.5. The summed E-state index contributed by atoms with van der Waals surface area (Å²) in [7, 11) is 0. The van der Waals surface area contributed by atoms with Gasteiger partial charge in [0.2, 0.25) is 70.9 Å². The molecule has 2 aliphatic rings. The molecule has 12 amide bonds. The van der Waals surface area contributed by atoms with Crippen LogP contribution in [0.4, 0.5) is 0 Å². The van der Waals surface area contributed by atoms with Crippen LogP contribution in [0.2, 0.25) is 0 Å². The molecule has 99 heavy (non-hydrogen) atoms. The van der Waals surface area contributed by atoms with E-state index in [4.69, 9.17) is 17.2 Å². The van der Waals surface area contributed by atoms with Gasteiger partial charge in [0.25, 0.3) is 0 Å². The highest BCUT2D eigenvalue weighted by Crippen LogP contribution is 2.25. The number of rotatable bonds is 34. The lowest BCUT2D eigenvalue weighted by Gasteiger charge is -2.29. The van der Waals surface area contributed by atoms with Gasteiger partial charge in [-0.25, -0.2) is 4.98 Å². The van der Waals surface area contributed by atoms with Crippen LogP contribution in [0.5, 0.6) is 0 Å². The van der Waals surface area contributed by atoms with Gasteiger partial charge in [-0.3, -0.25) is 72.1 Å². The van der Waals surface area contributed by atoms with Crippen LogP contribution in [0.1, 0.15) is 144 Å². The number of carbonyl (C=O) groups is 14. The number of carboxylic acids is 2. The molecule has 33 nitrogen and oxygen atoms in total. The minimum absolute atomic E-state index is 0.000511. The zero-order valence-electron chi connectivity index (χ0n) is 57.4. The lowest BCUT2D eigenvalue weighted by molar-refractivity contribution is -0.142. The predicted molar refractivity (Wildman–Crippen MR) is 365 cm³/mol. The second-order valence-corrected chi connectivity index (χ2v) is 26.9. The largest absolute Gasteiger partial charge is 0.481 e. The third kappa shape index (κ3) is 27.7. The number of aromatic amines is 1. The van der Waals surface area contributed by atoms with Gasteiger partial charge in [0.05, 0.1) is 30.3 Å². The standard InChI is InChI=1S/C65H101N17O16S/c1-9-35(7)51(68)65-80-47(31-99-65)62(96)75-42(25-33(3)4)57(91)74-41(21-22-49(84)85)56(90)82-53(36(8)10-2)63(97)70-24-15-14-19-39-54(88)72-40(20-16-23-66)55(89)81-52(34(5)6)64(98)79-43(26-37-17-12-11-13-18-37)58(92)76-44(27-38-30-69-32-71-38)59(93)78-46(29-50(86)87)61(95)77-45(28-48(67)83)60(94)73-39/h11-13,17-18,30,32-36,39-47,51-53H,9-10,14-16,19-29,31,66,68H2,1-8H3,(H2,67,83)(H,69,71)(H,70,97)(H,72,88)(H,73,94)(H,74,91)(H,75,96)(H,76,92)(H,77,95)(H,78,93)(H,79,98)(H,81,89)(H,82,90)(H,84,85)(H,86,87). The van der Waals surface area contributed by atoms with Crippen molar-refractivity contribution in [3.05, 3.63) is 54.1 Å². The Morgan fingerprint density at radius 2 is 1.17 bits per heavy atom. The molecular formula is C65H101N17O16S. The van der Waals surface area contributed by atoms with Gasteiger partial charge >= 0.3 is 11.9 Å². The molecule has 1 aromatic carbocycles. The lowest BCUT2D eigenvalue weighted by atomic mass is 9.97.